The van der Waals surface area contributed by atoms with Gasteiger partial charge in [0.05, 0.1) is 11.3 Å². The molecule has 0 bridgehead atoms. The topological polar surface area (TPSA) is 75.7 Å². The number of esters is 1. The van der Waals surface area contributed by atoms with Gasteiger partial charge in [0.1, 0.15) is 0 Å². The summed E-state index contributed by atoms with van der Waals surface area (Å²) in [4.78, 5) is 40.2. The van der Waals surface area contributed by atoms with Crippen molar-refractivity contribution in [3.63, 3.8) is 0 Å². The average molecular weight is 469 g/mol. The van der Waals surface area contributed by atoms with Crippen LogP contribution in [0.15, 0.2) is 47.4 Å². The molecule has 6 nitrogen and oxygen atoms in total. The number of ketones is 1. The lowest BCUT2D eigenvalue weighted by Crippen LogP contribution is -2.26. The van der Waals surface area contributed by atoms with E-state index in [9.17, 15) is 14.4 Å². The maximum atomic E-state index is 12.6. The average Bonchev–Trinajstić information content (AvgIpc) is 3.31. The highest BCUT2D eigenvalue weighted by Gasteiger charge is 2.23. The summed E-state index contributed by atoms with van der Waals surface area (Å²) in [5.74, 6) is -0.711. The number of anilines is 2. The molecule has 0 radical (unpaired) electrons. The number of thioether (sulfide) groups is 1. The zero-order valence-corrected chi connectivity index (χ0v) is 20.6. The third kappa shape index (κ3) is 6.84. The van der Waals surface area contributed by atoms with Crippen LogP contribution in [0.4, 0.5) is 11.4 Å². The molecule has 0 spiro atoms. The van der Waals surface area contributed by atoms with Gasteiger partial charge in [0.2, 0.25) is 5.91 Å². The van der Waals surface area contributed by atoms with Gasteiger partial charge in [-0.05, 0) is 55.7 Å². The summed E-state index contributed by atoms with van der Waals surface area (Å²) >= 11 is 1.27. The van der Waals surface area contributed by atoms with E-state index in [2.05, 4.69) is 16.3 Å². The zero-order valence-electron chi connectivity index (χ0n) is 19.8. The first-order chi connectivity index (χ1) is 15.6. The standard InChI is InChI=1S/C26H32N2O4S/c1-18-15-19(28-13-7-8-14-28)11-12-21(18)27-24(30)17-33-22-10-6-5-9-20(22)25(31)32-16-23(29)26(2,3)4/h5-6,9-12,15H,7-8,13-14,16-17H2,1-4H3,(H,27,30). The Morgan fingerprint density at radius 3 is 2.42 bits per heavy atom. The highest BCUT2D eigenvalue weighted by atomic mass is 32.2. The van der Waals surface area contributed by atoms with E-state index in [4.69, 9.17) is 4.74 Å². The van der Waals surface area contributed by atoms with Crippen LogP contribution in [0, 0.1) is 12.3 Å². The van der Waals surface area contributed by atoms with Gasteiger partial charge in [0.15, 0.2) is 12.4 Å². The first-order valence-electron chi connectivity index (χ1n) is 11.2. The number of hydrogen-bond acceptors (Lipinski definition) is 6. The normalized spacial score (nSPS) is 13.6. The van der Waals surface area contributed by atoms with E-state index in [1.165, 1.54) is 30.3 Å². The summed E-state index contributed by atoms with van der Waals surface area (Å²) in [7, 11) is 0. The molecule has 176 valence electrons. The van der Waals surface area contributed by atoms with Gasteiger partial charge in [-0.2, -0.15) is 0 Å². The summed E-state index contributed by atoms with van der Waals surface area (Å²) in [6.45, 7) is 9.23. The molecule has 3 rings (SSSR count). The van der Waals surface area contributed by atoms with Crippen LogP contribution in [0.5, 0.6) is 0 Å². The van der Waals surface area contributed by atoms with Gasteiger partial charge < -0.3 is 15.0 Å². The second-order valence-corrected chi connectivity index (χ2v) is 10.3. The highest BCUT2D eigenvalue weighted by Crippen LogP contribution is 2.27. The maximum absolute atomic E-state index is 12.6. The molecule has 33 heavy (non-hydrogen) atoms. The van der Waals surface area contributed by atoms with Gasteiger partial charge >= 0.3 is 5.97 Å². The predicted octanol–water partition coefficient (Wildman–Crippen LogP) is 5.10. The van der Waals surface area contributed by atoms with Crippen molar-refractivity contribution in [1.82, 2.24) is 0 Å². The lowest BCUT2D eigenvalue weighted by molar-refractivity contribution is -0.129. The molecule has 2 aromatic carbocycles. The molecule has 0 unspecified atom stereocenters. The lowest BCUT2D eigenvalue weighted by Gasteiger charge is -2.19. The Labute approximate surface area is 200 Å². The molecule has 1 N–H and O–H groups in total. The van der Waals surface area contributed by atoms with Crippen molar-refractivity contribution in [1.29, 1.82) is 0 Å². The molecule has 0 saturated carbocycles. The molecule has 1 aliphatic rings. The fourth-order valence-corrected chi connectivity index (χ4v) is 4.32. The molecule has 2 aromatic rings. The Hall–Kier alpha value is -2.80. The molecular weight excluding hydrogens is 436 g/mol. The summed E-state index contributed by atoms with van der Waals surface area (Å²) < 4.78 is 5.22. The highest BCUT2D eigenvalue weighted by molar-refractivity contribution is 8.00. The van der Waals surface area contributed by atoms with Crippen LogP contribution < -0.4 is 10.2 Å². The molecule has 0 atom stereocenters. The molecule has 7 heteroatoms. The van der Waals surface area contributed by atoms with Crippen molar-refractivity contribution in [2.45, 2.75) is 45.4 Å². The van der Waals surface area contributed by atoms with Crippen LogP contribution >= 0.6 is 11.8 Å². The number of carbonyl (C=O) groups excluding carboxylic acids is 3. The Morgan fingerprint density at radius 1 is 1.06 bits per heavy atom. The van der Waals surface area contributed by atoms with E-state index in [0.29, 0.717) is 10.5 Å². The third-order valence-electron chi connectivity index (χ3n) is 5.59. The molecule has 1 fully saturated rings. The zero-order chi connectivity index (χ0) is 24.0. The van der Waals surface area contributed by atoms with Crippen LogP contribution in [0.1, 0.15) is 49.5 Å². The first kappa shape index (κ1) is 24.8. The van der Waals surface area contributed by atoms with E-state index in [-0.39, 0.29) is 24.1 Å². The third-order valence-corrected chi connectivity index (χ3v) is 6.67. The van der Waals surface area contributed by atoms with Crippen LogP contribution in [0.3, 0.4) is 0 Å². The van der Waals surface area contributed by atoms with Crippen molar-refractivity contribution in [3.8, 4) is 0 Å². The van der Waals surface area contributed by atoms with Gasteiger partial charge in [-0.25, -0.2) is 4.79 Å². The van der Waals surface area contributed by atoms with Gasteiger partial charge in [0.25, 0.3) is 0 Å². The van der Waals surface area contributed by atoms with Gasteiger partial charge in [-0.3, -0.25) is 9.59 Å². The van der Waals surface area contributed by atoms with Crippen molar-refractivity contribution in [2.75, 3.05) is 35.7 Å². The molecule has 0 aromatic heterocycles. The number of aryl methyl sites for hydroxylation is 1. The fourth-order valence-electron chi connectivity index (χ4n) is 3.48. The van der Waals surface area contributed by atoms with E-state index in [0.717, 1.165) is 24.3 Å². The number of Topliss-reactive ketones (excluding diaryl/α,β-unsaturated/α-hetero) is 1. The van der Waals surface area contributed by atoms with E-state index in [1.54, 1.807) is 45.0 Å². The maximum Gasteiger partial charge on any atom is 0.339 e. The number of benzene rings is 2. The van der Waals surface area contributed by atoms with Gasteiger partial charge in [0, 0.05) is 34.8 Å². The smallest absolute Gasteiger partial charge is 0.339 e. The number of rotatable bonds is 8. The monoisotopic (exact) mass is 468 g/mol. The summed E-state index contributed by atoms with van der Waals surface area (Å²) in [6.07, 6.45) is 2.44. The van der Waals surface area contributed by atoms with Crippen molar-refractivity contribution in [3.05, 3.63) is 53.6 Å². The quantitative estimate of drug-likeness (QED) is 0.429. The van der Waals surface area contributed by atoms with Crippen LogP contribution in [0.25, 0.3) is 0 Å². The number of nitrogens with zero attached hydrogens (tertiary/aromatic N) is 1. The van der Waals surface area contributed by atoms with Gasteiger partial charge in [-0.1, -0.05) is 32.9 Å². The molecule has 1 heterocycles. The number of amides is 1. The van der Waals surface area contributed by atoms with Crippen LogP contribution in [-0.2, 0) is 14.3 Å². The number of hydrogen-bond donors (Lipinski definition) is 1. The minimum absolute atomic E-state index is 0.147. The lowest BCUT2D eigenvalue weighted by atomic mass is 9.91. The Bertz CT molecular complexity index is 1020. The van der Waals surface area contributed by atoms with Gasteiger partial charge in [-0.15, -0.1) is 11.8 Å². The molecule has 1 amide bonds. The molecule has 1 aliphatic heterocycles. The number of nitrogens with one attached hydrogen (secondary N) is 1. The molecule has 1 saturated heterocycles. The first-order valence-corrected chi connectivity index (χ1v) is 12.2. The largest absolute Gasteiger partial charge is 0.454 e. The van der Waals surface area contributed by atoms with Crippen molar-refractivity contribution in [2.24, 2.45) is 5.41 Å². The van der Waals surface area contributed by atoms with Crippen molar-refractivity contribution >= 4 is 40.8 Å². The predicted molar refractivity (Wildman–Crippen MR) is 133 cm³/mol. The number of carbonyl (C=O) groups is 3. The summed E-state index contributed by atoms with van der Waals surface area (Å²) in [5.41, 5.74) is 2.78. The Kier molecular flexibility index (Phi) is 8.19. The minimum atomic E-state index is -0.572. The van der Waals surface area contributed by atoms with Crippen LogP contribution in [0.2, 0.25) is 0 Å². The molecule has 0 aliphatic carbocycles. The van der Waals surface area contributed by atoms with Crippen LogP contribution in [-0.4, -0.2) is 43.1 Å². The number of ether oxygens (including phenoxy) is 1. The van der Waals surface area contributed by atoms with E-state index in [1.807, 2.05) is 19.1 Å². The SMILES string of the molecule is Cc1cc(N2CCCC2)ccc1NC(=O)CSc1ccccc1C(=O)OCC(=O)C(C)(C)C. The second-order valence-electron chi connectivity index (χ2n) is 9.28. The van der Waals surface area contributed by atoms with E-state index < -0.39 is 11.4 Å². The van der Waals surface area contributed by atoms with E-state index >= 15 is 0 Å². The summed E-state index contributed by atoms with van der Waals surface area (Å²) in [5, 5.41) is 2.96. The second kappa shape index (κ2) is 10.9. The Balaban J connectivity index is 1.57. The Morgan fingerprint density at radius 2 is 1.76 bits per heavy atom. The molecular formula is C26H32N2O4S. The minimum Gasteiger partial charge on any atom is -0.454 e. The van der Waals surface area contributed by atoms with Crippen molar-refractivity contribution < 1.29 is 19.1 Å². The fraction of sp³-hybridized carbons (Fsp3) is 0.423. The summed E-state index contributed by atoms with van der Waals surface area (Å²) in [6, 6.07) is 13.1.